The lowest BCUT2D eigenvalue weighted by Gasteiger charge is -2.11. The van der Waals surface area contributed by atoms with Gasteiger partial charge in [-0.25, -0.2) is 9.18 Å². The van der Waals surface area contributed by atoms with Gasteiger partial charge in [0.15, 0.2) is 6.10 Å². The lowest BCUT2D eigenvalue weighted by atomic mass is 10.2. The minimum atomic E-state index is -1.07. The lowest BCUT2D eigenvalue weighted by molar-refractivity contribution is -0.150. The summed E-state index contributed by atoms with van der Waals surface area (Å²) in [6, 6.07) is 5.47. The number of carboxylic acids is 1. The molecule has 0 saturated carbocycles. The van der Waals surface area contributed by atoms with Crippen molar-refractivity contribution in [3.8, 4) is 0 Å². The van der Waals surface area contributed by atoms with E-state index in [2.05, 4.69) is 5.32 Å². The summed E-state index contributed by atoms with van der Waals surface area (Å²) in [5.41, 5.74) is 0.322. The number of anilines is 1. The third-order valence-corrected chi connectivity index (χ3v) is 2.68. The maximum Gasteiger partial charge on any atom is 0.332 e. The van der Waals surface area contributed by atoms with Gasteiger partial charge in [-0.05, 0) is 31.0 Å². The van der Waals surface area contributed by atoms with Gasteiger partial charge in [-0.3, -0.25) is 4.79 Å². The first kappa shape index (κ1) is 12.5. The molecule has 0 bridgehead atoms. The fourth-order valence-corrected chi connectivity index (χ4v) is 1.80. The molecule has 1 aromatic rings. The van der Waals surface area contributed by atoms with Crippen LogP contribution in [-0.2, 0) is 14.3 Å². The zero-order valence-corrected chi connectivity index (χ0v) is 9.43. The molecule has 1 heterocycles. The quantitative estimate of drug-likeness (QED) is 0.853. The van der Waals surface area contributed by atoms with Gasteiger partial charge in [0.25, 0.3) is 5.91 Å². The number of benzene rings is 1. The molecule has 0 spiro atoms. The number of nitrogens with one attached hydrogen (secondary N) is 1. The molecular formula is C12H12FNO4. The first-order chi connectivity index (χ1) is 8.56. The highest BCUT2D eigenvalue weighted by atomic mass is 19.1. The van der Waals surface area contributed by atoms with Gasteiger partial charge in [0, 0.05) is 5.69 Å². The second-order valence-electron chi connectivity index (χ2n) is 4.03. The summed E-state index contributed by atoms with van der Waals surface area (Å²) < 4.78 is 18.0. The third-order valence-electron chi connectivity index (χ3n) is 2.68. The summed E-state index contributed by atoms with van der Waals surface area (Å²) in [7, 11) is 0. The molecule has 1 aliphatic heterocycles. The normalized spacial score (nSPS) is 22.7. The first-order valence-corrected chi connectivity index (χ1v) is 5.51. The van der Waals surface area contributed by atoms with Crippen LogP contribution in [0.2, 0.25) is 0 Å². The van der Waals surface area contributed by atoms with Crippen molar-refractivity contribution in [1.29, 1.82) is 0 Å². The molecule has 2 N–H and O–H groups in total. The minimum Gasteiger partial charge on any atom is -0.479 e. The van der Waals surface area contributed by atoms with Gasteiger partial charge in [0.2, 0.25) is 0 Å². The van der Waals surface area contributed by atoms with Crippen LogP contribution in [0.1, 0.15) is 12.8 Å². The monoisotopic (exact) mass is 253 g/mol. The van der Waals surface area contributed by atoms with Crippen molar-refractivity contribution in [2.24, 2.45) is 0 Å². The predicted octanol–water partition coefficient (Wildman–Crippen LogP) is 1.40. The van der Waals surface area contributed by atoms with Crippen molar-refractivity contribution in [3.05, 3.63) is 30.1 Å². The molecule has 5 nitrogen and oxygen atoms in total. The third kappa shape index (κ3) is 2.84. The van der Waals surface area contributed by atoms with Gasteiger partial charge in [-0.1, -0.05) is 6.07 Å². The van der Waals surface area contributed by atoms with Crippen molar-refractivity contribution in [2.75, 3.05) is 5.32 Å². The minimum absolute atomic E-state index is 0.302. The smallest absolute Gasteiger partial charge is 0.332 e. The standard InChI is InChI=1S/C12H12FNO4/c13-7-2-1-3-8(6-7)14-11(15)9-4-5-10(18-9)12(16)17/h1-3,6,9-10H,4-5H2,(H,14,15)(H,16,17). The van der Waals surface area contributed by atoms with Crippen LogP contribution in [0.3, 0.4) is 0 Å². The van der Waals surface area contributed by atoms with Crippen molar-refractivity contribution in [2.45, 2.75) is 25.0 Å². The fraction of sp³-hybridized carbons (Fsp3) is 0.333. The highest BCUT2D eigenvalue weighted by molar-refractivity contribution is 5.94. The zero-order chi connectivity index (χ0) is 13.1. The van der Waals surface area contributed by atoms with E-state index in [1.165, 1.54) is 18.2 Å². The van der Waals surface area contributed by atoms with E-state index in [-0.39, 0.29) is 0 Å². The summed E-state index contributed by atoms with van der Waals surface area (Å²) in [6.45, 7) is 0. The molecule has 6 heteroatoms. The molecule has 0 radical (unpaired) electrons. The highest BCUT2D eigenvalue weighted by Crippen LogP contribution is 2.21. The second kappa shape index (κ2) is 5.14. The number of hydrogen-bond donors (Lipinski definition) is 2. The van der Waals surface area contributed by atoms with E-state index >= 15 is 0 Å². The molecule has 2 atom stereocenters. The molecule has 1 aromatic carbocycles. The number of carbonyl (C=O) groups excluding carboxylic acids is 1. The topological polar surface area (TPSA) is 75.6 Å². The Balaban J connectivity index is 1.95. The summed E-state index contributed by atoms with van der Waals surface area (Å²) >= 11 is 0. The van der Waals surface area contributed by atoms with Crippen molar-refractivity contribution in [1.82, 2.24) is 0 Å². The summed E-state index contributed by atoms with van der Waals surface area (Å²) in [5.74, 6) is -1.98. The van der Waals surface area contributed by atoms with Crippen LogP contribution in [-0.4, -0.2) is 29.2 Å². The van der Waals surface area contributed by atoms with Crippen molar-refractivity contribution in [3.63, 3.8) is 0 Å². The second-order valence-corrected chi connectivity index (χ2v) is 4.03. The number of aliphatic carboxylic acids is 1. The Morgan fingerprint density at radius 3 is 2.67 bits per heavy atom. The number of ether oxygens (including phenoxy) is 1. The molecule has 96 valence electrons. The van der Waals surface area contributed by atoms with Crippen LogP contribution in [0.4, 0.5) is 10.1 Å². The Morgan fingerprint density at radius 1 is 1.33 bits per heavy atom. The molecule has 0 aromatic heterocycles. The summed E-state index contributed by atoms with van der Waals surface area (Å²) in [6.07, 6.45) is -1.09. The lowest BCUT2D eigenvalue weighted by Crippen LogP contribution is -2.29. The molecule has 18 heavy (non-hydrogen) atoms. The molecule has 1 amide bonds. The van der Waals surface area contributed by atoms with Gasteiger partial charge in [-0.15, -0.1) is 0 Å². The Kier molecular flexibility index (Phi) is 3.57. The van der Waals surface area contributed by atoms with Gasteiger partial charge in [0.1, 0.15) is 11.9 Å². The molecule has 2 rings (SSSR count). The van der Waals surface area contributed by atoms with E-state index in [0.717, 1.165) is 0 Å². The van der Waals surface area contributed by atoms with E-state index in [1.807, 2.05) is 0 Å². The van der Waals surface area contributed by atoms with E-state index in [4.69, 9.17) is 9.84 Å². The molecule has 1 fully saturated rings. The Morgan fingerprint density at radius 2 is 2.06 bits per heavy atom. The van der Waals surface area contributed by atoms with E-state index in [0.29, 0.717) is 18.5 Å². The number of halogens is 1. The van der Waals surface area contributed by atoms with Crippen LogP contribution >= 0.6 is 0 Å². The average Bonchev–Trinajstić information content (AvgIpc) is 2.78. The highest BCUT2D eigenvalue weighted by Gasteiger charge is 2.34. The van der Waals surface area contributed by atoms with E-state index < -0.39 is 29.9 Å². The van der Waals surface area contributed by atoms with Gasteiger partial charge in [0.05, 0.1) is 0 Å². The summed E-state index contributed by atoms with van der Waals surface area (Å²) in [4.78, 5) is 22.4. The van der Waals surface area contributed by atoms with Crippen LogP contribution in [0.15, 0.2) is 24.3 Å². The fourth-order valence-electron chi connectivity index (χ4n) is 1.80. The number of amides is 1. The Bertz CT molecular complexity index is 477. The van der Waals surface area contributed by atoms with Gasteiger partial charge >= 0.3 is 5.97 Å². The van der Waals surface area contributed by atoms with Crippen LogP contribution < -0.4 is 5.32 Å². The largest absolute Gasteiger partial charge is 0.479 e. The van der Waals surface area contributed by atoms with E-state index in [1.54, 1.807) is 6.07 Å². The number of carbonyl (C=O) groups is 2. The molecule has 1 saturated heterocycles. The maximum absolute atomic E-state index is 12.9. The van der Waals surface area contributed by atoms with E-state index in [9.17, 15) is 14.0 Å². The Hall–Kier alpha value is -1.95. The van der Waals surface area contributed by atoms with Crippen LogP contribution in [0.5, 0.6) is 0 Å². The number of hydrogen-bond acceptors (Lipinski definition) is 3. The average molecular weight is 253 g/mol. The molecule has 2 unspecified atom stereocenters. The number of carboxylic acid groups (broad SMARTS) is 1. The first-order valence-electron chi connectivity index (χ1n) is 5.51. The predicted molar refractivity (Wildman–Crippen MR) is 60.6 cm³/mol. The molecule has 0 aliphatic carbocycles. The Labute approximate surface area is 103 Å². The van der Waals surface area contributed by atoms with Crippen LogP contribution in [0.25, 0.3) is 0 Å². The molecular weight excluding hydrogens is 241 g/mol. The van der Waals surface area contributed by atoms with Crippen LogP contribution in [0, 0.1) is 5.82 Å². The molecule has 1 aliphatic rings. The zero-order valence-electron chi connectivity index (χ0n) is 9.43. The van der Waals surface area contributed by atoms with Gasteiger partial charge < -0.3 is 15.2 Å². The summed E-state index contributed by atoms with van der Waals surface area (Å²) in [5, 5.41) is 11.2. The number of rotatable bonds is 3. The SMILES string of the molecule is O=C(O)C1CCC(C(=O)Nc2cccc(F)c2)O1. The maximum atomic E-state index is 12.9. The van der Waals surface area contributed by atoms with Crippen molar-refractivity contribution >= 4 is 17.6 Å². The van der Waals surface area contributed by atoms with Gasteiger partial charge in [-0.2, -0.15) is 0 Å². The van der Waals surface area contributed by atoms with Crippen molar-refractivity contribution < 1.29 is 23.8 Å².